The van der Waals surface area contributed by atoms with Crippen molar-refractivity contribution in [2.75, 3.05) is 155 Å². The average Bonchev–Trinajstić information content (AvgIpc) is 1.71. The largest absolute Gasteiger partial charge is 0.463 e. The lowest BCUT2D eigenvalue weighted by Gasteiger charge is -2.44. The van der Waals surface area contributed by atoms with Crippen LogP contribution in [0.25, 0.3) is 0 Å². The molecule has 4 aliphatic heterocycles. The summed E-state index contributed by atoms with van der Waals surface area (Å²) in [6, 6.07) is 0.913. The molecule has 0 amide bonds. The Morgan fingerprint density at radius 3 is 0.717 bits per heavy atom. The number of ether oxygens (including phenoxy) is 24. The lowest BCUT2D eigenvalue weighted by atomic mass is 9.98. The highest BCUT2D eigenvalue weighted by atomic mass is 35.5. The van der Waals surface area contributed by atoms with Crippen molar-refractivity contribution in [1.29, 1.82) is 0 Å². The molecule has 0 aromatic rings. The van der Waals surface area contributed by atoms with Gasteiger partial charge in [-0.25, -0.2) is 0 Å². The molecule has 1 saturated carbocycles. The summed E-state index contributed by atoms with van der Waals surface area (Å²) in [6.07, 6.45) is -16.6. The summed E-state index contributed by atoms with van der Waals surface area (Å²) in [5.41, 5.74) is 0. The summed E-state index contributed by atoms with van der Waals surface area (Å²) in [6.45, 7) is 17.9. The Morgan fingerprint density at radius 2 is 0.520 bits per heavy atom. The maximum Gasteiger partial charge on any atom is 0.303 e. The Bertz CT molecular complexity index is 3590. The Morgan fingerprint density at radius 1 is 0.307 bits per heavy atom. The van der Waals surface area contributed by atoms with Gasteiger partial charge in [0.25, 0.3) is 0 Å². The Balaban J connectivity index is 0.000000574. The third kappa shape index (κ3) is 43.2. The molecule has 5 rings (SSSR count). The summed E-state index contributed by atoms with van der Waals surface area (Å²) in [5.74, 6) is -8.51. The quantitative estimate of drug-likeness (QED) is 0.0205. The van der Waals surface area contributed by atoms with Gasteiger partial charge in [0, 0.05) is 124 Å². The van der Waals surface area contributed by atoms with Crippen molar-refractivity contribution in [3.8, 4) is 12.3 Å². The average molecular weight is 1860 g/mol. The first-order valence-electron chi connectivity index (χ1n) is 40.1. The second kappa shape index (κ2) is 54.9. The van der Waals surface area contributed by atoms with Crippen molar-refractivity contribution < 1.29 is 217 Å². The molecule has 4 heterocycles. The van der Waals surface area contributed by atoms with E-state index in [1.165, 1.54) is 55.4 Å². The molecule has 4 saturated heterocycles. The van der Waals surface area contributed by atoms with Gasteiger partial charge in [-0.05, 0) is 5.92 Å². The molecule has 0 N–H and O–H groups in total. The lowest BCUT2D eigenvalue weighted by Crippen LogP contribution is -2.63. The van der Waals surface area contributed by atoms with Gasteiger partial charge in [0.05, 0.1) is 81.8 Å². The van der Waals surface area contributed by atoms with Crippen LogP contribution < -0.4 is 0 Å². The van der Waals surface area contributed by atoms with Crippen molar-refractivity contribution in [3.05, 3.63) is 0 Å². The van der Waals surface area contributed by atoms with E-state index in [9.17, 15) is 85.5 Å². The summed E-state index contributed by atoms with van der Waals surface area (Å²) in [7, 11) is 12.9. The van der Waals surface area contributed by atoms with Crippen LogP contribution >= 0.6 is 11.6 Å². The van der Waals surface area contributed by atoms with E-state index >= 15 is 0 Å². The number of quaternary nitrogens is 4. The summed E-state index contributed by atoms with van der Waals surface area (Å²) in [5, 5.41) is 0. The van der Waals surface area contributed by atoms with Crippen molar-refractivity contribution in [3.63, 3.8) is 0 Å². The topological polar surface area (TPSA) is 495 Å². The first kappa shape index (κ1) is 114. The van der Waals surface area contributed by atoms with Crippen molar-refractivity contribution >= 4 is 107 Å². The van der Waals surface area contributed by atoms with Crippen LogP contribution in [0.3, 0.4) is 0 Å². The molecular formula is C80H127ClF2N4O40+4. The minimum absolute atomic E-state index is 0.00462. The van der Waals surface area contributed by atoms with Crippen LogP contribution in [0.1, 0.15) is 124 Å². The standard InChI is InChI=1S/C21H31FNO10.C21H34NO10.C19H31ClNO10.C19H31FNO10/c1-7-8-23(6,12-22)9-10-28-21-20(32-16(5)27)19(31-15(4)26)18(30-14(3)25)17(33-21)11-29-13(2)24;1-12(23)28-11-17-18(29-13(2)24)19(30-14(3)25)20(31-15(4)26)21(32-17)27-10-9-22(5,6)16-7-8-16;2*1-11(22)27-9-15-16(28-12(2)23)17(29-13(3)24)18(30-14(4)25)19(31-15)26-8-7-21(5,6)10-20/h1,17-21H,8-12H2,2-6H3;16-21H,7-11H2,1-6H3;2*15-19H,7-10H2,1-6H3/q4*+1/t17-,18-,19+,20-,21-,23?;17-,18-,19+,20-,21-;2*15-,16-,17+,18-,19-/m1111/s1. The van der Waals surface area contributed by atoms with E-state index in [2.05, 4.69) is 20.0 Å². The molecule has 5 fully saturated rings. The second-order valence-electron chi connectivity index (χ2n) is 31.9. The number of likely N-dealkylation sites (N-methyl/N-ethyl adjacent to an activating group) is 4. The van der Waals surface area contributed by atoms with E-state index in [1.807, 2.05) is 14.1 Å². The number of esters is 16. The molecule has 44 nitrogen and oxygen atoms in total. The van der Waals surface area contributed by atoms with Gasteiger partial charge in [-0.1, -0.05) is 11.6 Å². The lowest BCUT2D eigenvalue weighted by molar-refractivity contribution is -0.915. The van der Waals surface area contributed by atoms with Crippen LogP contribution in [0.5, 0.6) is 0 Å². The van der Waals surface area contributed by atoms with Gasteiger partial charge in [-0.3, -0.25) is 81.2 Å². The first-order valence-corrected chi connectivity index (χ1v) is 40.7. The zero-order valence-corrected chi connectivity index (χ0v) is 76.9. The highest BCUT2D eigenvalue weighted by Crippen LogP contribution is 2.36. The Kier molecular flexibility index (Phi) is 49.2. The zero-order valence-electron chi connectivity index (χ0n) is 76.2. The molecule has 127 heavy (non-hydrogen) atoms. The molecule has 21 atom stereocenters. The number of carbonyl (C=O) groups is 16. The normalized spacial score (nSPS) is 26.5. The number of alkyl halides is 3. The van der Waals surface area contributed by atoms with Crippen molar-refractivity contribution in [2.24, 2.45) is 0 Å². The molecular weight excluding hydrogens is 1730 g/mol. The number of hydrogen-bond acceptors (Lipinski definition) is 40. The predicted molar refractivity (Wildman–Crippen MR) is 423 cm³/mol. The smallest absolute Gasteiger partial charge is 0.303 e. The predicted octanol–water partition coefficient (Wildman–Crippen LogP) is 0.866. The van der Waals surface area contributed by atoms with Crippen LogP contribution in [0.4, 0.5) is 8.78 Å². The van der Waals surface area contributed by atoms with Crippen molar-refractivity contribution in [1.82, 2.24) is 0 Å². The fourth-order valence-electron chi connectivity index (χ4n) is 12.4. The van der Waals surface area contributed by atoms with E-state index in [1.54, 1.807) is 21.1 Å². The Labute approximate surface area is 740 Å². The molecule has 0 aromatic carbocycles. The maximum atomic E-state index is 13.4. The van der Waals surface area contributed by atoms with Gasteiger partial charge in [-0.15, -0.1) is 6.42 Å². The molecule has 0 bridgehead atoms. The number of halogens is 3. The molecule has 0 spiro atoms. The van der Waals surface area contributed by atoms with E-state index in [4.69, 9.17) is 132 Å². The molecule has 47 heteroatoms. The first-order chi connectivity index (χ1) is 59.0. The van der Waals surface area contributed by atoms with E-state index < -0.39 is 232 Å². The second-order valence-corrected chi connectivity index (χ2v) is 32.1. The number of rotatable bonds is 41. The van der Waals surface area contributed by atoms with E-state index in [0.29, 0.717) is 29.6 Å². The minimum Gasteiger partial charge on any atom is -0.463 e. The fraction of sp³-hybridized carbons (Fsp3) is 0.775. The van der Waals surface area contributed by atoms with Gasteiger partial charge in [0.15, 0.2) is 104 Å². The van der Waals surface area contributed by atoms with Crippen LogP contribution in [0.2, 0.25) is 0 Å². The van der Waals surface area contributed by atoms with Gasteiger partial charge in [0.1, 0.15) is 83.6 Å². The van der Waals surface area contributed by atoms with Crippen molar-refractivity contribution in [2.45, 2.75) is 252 Å². The highest BCUT2D eigenvalue weighted by molar-refractivity contribution is 6.16. The molecule has 724 valence electrons. The number of terminal acetylenes is 1. The van der Waals surface area contributed by atoms with E-state index in [0.717, 1.165) is 72.7 Å². The van der Waals surface area contributed by atoms with Gasteiger partial charge < -0.3 is 127 Å². The van der Waals surface area contributed by atoms with Crippen LogP contribution in [0.15, 0.2) is 0 Å². The summed E-state index contributed by atoms with van der Waals surface area (Å²) < 4.78 is 158. The third-order valence-electron chi connectivity index (χ3n) is 18.6. The van der Waals surface area contributed by atoms with Crippen LogP contribution in [0, 0.1) is 12.3 Å². The number of carbonyl (C=O) groups excluding carboxylic acids is 16. The monoisotopic (exact) mass is 1860 g/mol. The molecule has 5 aliphatic rings. The van der Waals surface area contributed by atoms with Gasteiger partial charge in [-0.2, -0.15) is 8.78 Å². The van der Waals surface area contributed by atoms with Gasteiger partial charge in [0.2, 0.25) is 13.6 Å². The SMILES string of the molecule is C#CC[N+](C)(CF)CCO[C@@H]1O[C@H](COC(C)=O)[C@@H](OC(C)=O)[C@H](OC(C)=O)[C@H]1OC(C)=O.CC(=O)OC[C@H]1O[C@@H](OCC[N+](C)(C)C2CC2)[C@H](OC(C)=O)[C@@H](OC(C)=O)[C@@H]1OC(C)=O.CC(=O)OC[C@H]1O[C@@H](OCC[N+](C)(C)CCl)[C@H](OC(C)=O)[C@@H](OC(C)=O)[C@@H]1OC(C)=O.CC(=O)OC[C@H]1O[C@@H](OCC[N+](C)(C)CF)[C@H](OC(C)=O)[C@@H](OC(C)=O)[C@@H]1OC(C)=O. The number of nitrogens with zero attached hydrogens (tertiary/aromatic N) is 4. The fourth-order valence-corrected chi connectivity index (χ4v) is 12.5. The Hall–Kier alpha value is -9.25. The third-order valence-corrected chi connectivity index (χ3v) is 19.2. The molecule has 1 unspecified atom stereocenters. The minimum atomic E-state index is -1.33. The molecule has 0 aromatic heterocycles. The van der Waals surface area contributed by atoms with Crippen LogP contribution in [-0.2, 0) is 190 Å². The van der Waals surface area contributed by atoms with Gasteiger partial charge >= 0.3 is 95.5 Å². The molecule has 0 radical (unpaired) electrons. The molecule has 1 aliphatic carbocycles. The summed E-state index contributed by atoms with van der Waals surface area (Å²) >= 11 is 5.92. The van der Waals surface area contributed by atoms with E-state index in [-0.39, 0.29) is 81.5 Å². The highest BCUT2D eigenvalue weighted by Gasteiger charge is 2.58. The van der Waals surface area contributed by atoms with Crippen LogP contribution in [-0.4, -0.2) is 397 Å². The number of hydrogen-bond donors (Lipinski definition) is 0. The zero-order chi connectivity index (χ0) is 96.8. The maximum absolute atomic E-state index is 13.4. The summed E-state index contributed by atoms with van der Waals surface area (Å²) in [4.78, 5) is 186.